The van der Waals surface area contributed by atoms with Crippen LogP contribution in [0, 0.1) is 6.92 Å². The maximum atomic E-state index is 13.3. The van der Waals surface area contributed by atoms with Gasteiger partial charge in [0.05, 0.1) is 46.7 Å². The summed E-state index contributed by atoms with van der Waals surface area (Å²) in [5.74, 6) is 1.04. The van der Waals surface area contributed by atoms with Gasteiger partial charge in [0.2, 0.25) is 5.78 Å². The van der Waals surface area contributed by atoms with Crippen LogP contribution in [0.1, 0.15) is 37.4 Å². The Morgan fingerprint density at radius 2 is 1.34 bits per heavy atom. The minimum atomic E-state index is -2.03. The maximum absolute atomic E-state index is 13.3. The van der Waals surface area contributed by atoms with Crippen molar-refractivity contribution in [2.24, 2.45) is 0 Å². The van der Waals surface area contributed by atoms with E-state index in [1.54, 1.807) is 36.4 Å². The molecule has 0 bridgehead atoms. The number of Topliss-reactive ketones (excluding diaryl/α,β-unsaturated/α-hetero) is 1. The van der Waals surface area contributed by atoms with Gasteiger partial charge in [-0.3, -0.25) is 9.59 Å². The highest BCUT2D eigenvalue weighted by Crippen LogP contribution is 2.56. The van der Waals surface area contributed by atoms with Crippen molar-refractivity contribution >= 4 is 12.1 Å². The van der Waals surface area contributed by atoms with Gasteiger partial charge in [-0.05, 0) is 48.9 Å². The summed E-state index contributed by atoms with van der Waals surface area (Å²) >= 11 is 0. The van der Waals surface area contributed by atoms with Crippen LogP contribution in [0.2, 0.25) is 0 Å². The SMILES string of the molecule is COc1ccc(OC)c(-c2c(OC)ccc([C@]3(O)C(=O)c4cc(C)cc(OC)c43)c2OC)c1C=O. The Balaban J connectivity index is 2.10. The van der Waals surface area contributed by atoms with Crippen LogP contribution in [0.15, 0.2) is 36.4 Å². The second kappa shape index (κ2) is 8.96. The van der Waals surface area contributed by atoms with Crippen LogP contribution in [-0.2, 0) is 5.60 Å². The number of methoxy groups -OCH3 is 5. The molecule has 1 atom stereocenters. The van der Waals surface area contributed by atoms with E-state index in [-0.39, 0.29) is 16.9 Å². The van der Waals surface area contributed by atoms with Crippen LogP contribution in [0.4, 0.5) is 0 Å². The lowest BCUT2D eigenvalue weighted by Gasteiger charge is -2.40. The van der Waals surface area contributed by atoms with Crippen LogP contribution in [-0.4, -0.2) is 52.7 Å². The number of hydrogen-bond donors (Lipinski definition) is 1. The fourth-order valence-corrected chi connectivity index (χ4v) is 4.74. The summed E-state index contributed by atoms with van der Waals surface area (Å²) in [6, 6.07) is 9.89. The quantitative estimate of drug-likeness (QED) is 0.486. The van der Waals surface area contributed by atoms with E-state index in [1.165, 1.54) is 35.5 Å². The standard InChI is InChI=1S/C27H26O8/c1-14-11-15-24(21(12-14)34-5)27(30,26(15)29)17-7-8-20(33-4)23(25(17)35-6)22-16(13-28)18(31-2)9-10-19(22)32-3/h7-13,30H,1-6H3/t27-/m1/s1. The van der Waals surface area contributed by atoms with Crippen molar-refractivity contribution in [2.75, 3.05) is 35.5 Å². The molecule has 8 heteroatoms. The van der Waals surface area contributed by atoms with E-state index in [0.717, 1.165) is 5.56 Å². The molecule has 182 valence electrons. The Bertz CT molecular complexity index is 1340. The Morgan fingerprint density at radius 1 is 0.771 bits per heavy atom. The van der Waals surface area contributed by atoms with Gasteiger partial charge in [-0.1, -0.05) is 0 Å². The normalized spacial score (nSPS) is 16.1. The zero-order valence-corrected chi connectivity index (χ0v) is 20.3. The summed E-state index contributed by atoms with van der Waals surface area (Å²) in [5, 5.41) is 11.8. The minimum absolute atomic E-state index is 0.142. The predicted octanol–water partition coefficient (Wildman–Crippen LogP) is 3.95. The molecule has 0 aromatic heterocycles. The van der Waals surface area contributed by atoms with Crippen molar-refractivity contribution in [2.45, 2.75) is 12.5 Å². The van der Waals surface area contributed by atoms with Crippen molar-refractivity contribution in [3.05, 3.63) is 64.2 Å². The van der Waals surface area contributed by atoms with E-state index in [1.807, 2.05) is 6.92 Å². The molecule has 0 amide bonds. The molecule has 4 rings (SSSR count). The molecule has 0 unspecified atom stereocenters. The van der Waals surface area contributed by atoms with Crippen LogP contribution < -0.4 is 23.7 Å². The number of fused-ring (bicyclic) bond motifs is 1. The molecule has 0 radical (unpaired) electrons. The van der Waals surface area contributed by atoms with Gasteiger partial charge in [-0.2, -0.15) is 0 Å². The van der Waals surface area contributed by atoms with Gasteiger partial charge in [0.1, 0.15) is 28.7 Å². The topological polar surface area (TPSA) is 101 Å². The summed E-state index contributed by atoms with van der Waals surface area (Å²) in [6.07, 6.45) is 0.645. The molecule has 8 nitrogen and oxygen atoms in total. The van der Waals surface area contributed by atoms with Gasteiger partial charge in [0.15, 0.2) is 11.9 Å². The highest BCUT2D eigenvalue weighted by Gasteiger charge is 2.56. The first-order chi connectivity index (χ1) is 16.8. The number of carbonyl (C=O) groups excluding carboxylic acids is 2. The van der Waals surface area contributed by atoms with Crippen LogP contribution in [0.25, 0.3) is 11.1 Å². The molecular formula is C27H26O8. The molecule has 0 fully saturated rings. The fraction of sp³-hybridized carbons (Fsp3) is 0.259. The molecule has 1 aliphatic carbocycles. The summed E-state index contributed by atoms with van der Waals surface area (Å²) in [6.45, 7) is 1.84. The summed E-state index contributed by atoms with van der Waals surface area (Å²) < 4.78 is 27.8. The monoisotopic (exact) mass is 478 g/mol. The largest absolute Gasteiger partial charge is 0.496 e. The Kier molecular flexibility index (Phi) is 6.17. The smallest absolute Gasteiger partial charge is 0.204 e. The van der Waals surface area contributed by atoms with Crippen molar-refractivity contribution in [1.82, 2.24) is 0 Å². The van der Waals surface area contributed by atoms with Crippen molar-refractivity contribution in [3.8, 4) is 39.9 Å². The first kappa shape index (κ1) is 24.1. The van der Waals surface area contributed by atoms with E-state index in [0.29, 0.717) is 51.5 Å². The van der Waals surface area contributed by atoms with Crippen molar-refractivity contribution in [3.63, 3.8) is 0 Å². The molecule has 0 saturated carbocycles. The third-order valence-corrected chi connectivity index (χ3v) is 6.31. The van der Waals surface area contributed by atoms with Crippen LogP contribution >= 0.6 is 0 Å². The molecule has 35 heavy (non-hydrogen) atoms. The van der Waals surface area contributed by atoms with Crippen molar-refractivity contribution in [1.29, 1.82) is 0 Å². The third-order valence-electron chi connectivity index (χ3n) is 6.31. The van der Waals surface area contributed by atoms with Gasteiger partial charge in [-0.25, -0.2) is 0 Å². The van der Waals surface area contributed by atoms with E-state index in [4.69, 9.17) is 23.7 Å². The number of ether oxygens (including phenoxy) is 5. The fourth-order valence-electron chi connectivity index (χ4n) is 4.74. The highest BCUT2D eigenvalue weighted by molar-refractivity contribution is 6.16. The van der Waals surface area contributed by atoms with Gasteiger partial charge in [0.25, 0.3) is 0 Å². The molecule has 0 saturated heterocycles. The lowest BCUT2D eigenvalue weighted by Crippen LogP contribution is -2.47. The van der Waals surface area contributed by atoms with Gasteiger partial charge < -0.3 is 28.8 Å². The third kappa shape index (κ3) is 3.32. The molecular weight excluding hydrogens is 452 g/mol. The minimum Gasteiger partial charge on any atom is -0.496 e. The van der Waals surface area contributed by atoms with Gasteiger partial charge in [0, 0.05) is 22.3 Å². The zero-order valence-electron chi connectivity index (χ0n) is 20.3. The van der Waals surface area contributed by atoms with Gasteiger partial charge >= 0.3 is 0 Å². The maximum Gasteiger partial charge on any atom is 0.204 e. The van der Waals surface area contributed by atoms with E-state index in [2.05, 4.69) is 0 Å². The second-order valence-corrected chi connectivity index (χ2v) is 8.03. The average Bonchev–Trinajstić information content (AvgIpc) is 2.89. The number of ketones is 1. The van der Waals surface area contributed by atoms with Crippen LogP contribution in [0.5, 0.6) is 28.7 Å². The summed E-state index contributed by atoms with van der Waals surface area (Å²) in [5.41, 5.74) is 0.548. The molecule has 3 aromatic carbocycles. The predicted molar refractivity (Wildman–Crippen MR) is 129 cm³/mol. The second-order valence-electron chi connectivity index (χ2n) is 8.03. The lowest BCUT2D eigenvalue weighted by atomic mass is 9.66. The van der Waals surface area contributed by atoms with Crippen LogP contribution in [0.3, 0.4) is 0 Å². The first-order valence-electron chi connectivity index (χ1n) is 10.7. The Hall–Kier alpha value is -4.04. The number of carbonyl (C=O) groups is 2. The van der Waals surface area contributed by atoms with E-state index < -0.39 is 11.4 Å². The van der Waals surface area contributed by atoms with Gasteiger partial charge in [-0.15, -0.1) is 0 Å². The zero-order chi connectivity index (χ0) is 25.5. The summed E-state index contributed by atoms with van der Waals surface area (Å²) in [7, 11) is 7.27. The molecule has 3 aromatic rings. The lowest BCUT2D eigenvalue weighted by molar-refractivity contribution is 0.0353. The highest BCUT2D eigenvalue weighted by atomic mass is 16.5. The molecule has 0 spiro atoms. The molecule has 1 aliphatic rings. The number of aliphatic hydroxyl groups is 1. The first-order valence-corrected chi connectivity index (χ1v) is 10.7. The number of aldehydes is 1. The number of benzene rings is 3. The molecule has 0 aliphatic heterocycles. The summed E-state index contributed by atoms with van der Waals surface area (Å²) in [4.78, 5) is 25.5. The Morgan fingerprint density at radius 3 is 1.91 bits per heavy atom. The average molecular weight is 478 g/mol. The number of rotatable bonds is 8. The molecule has 0 heterocycles. The number of hydrogen-bond acceptors (Lipinski definition) is 8. The van der Waals surface area contributed by atoms with E-state index >= 15 is 0 Å². The number of aryl methyl sites for hydroxylation is 1. The Labute approximate surface area is 203 Å². The van der Waals surface area contributed by atoms with E-state index in [9.17, 15) is 14.7 Å². The van der Waals surface area contributed by atoms with Crippen molar-refractivity contribution < 1.29 is 38.4 Å². The molecule has 1 N–H and O–H groups in total.